The molecule has 0 saturated heterocycles. The zero-order chi connectivity index (χ0) is 22.3. The standard InChI is InChI=1S/C21H17N3O3S.CO2/c1-15-10-12-19(13-11-15)28(25,26)24-18-9-5-8-17(14-18)21-23-22-20(27-21)16-6-3-2-4-7-16;2-1-3/h2-14,24H,1H3;. The Balaban J connectivity index is 0.000000858. The first-order valence-corrected chi connectivity index (χ1v) is 10.5. The van der Waals surface area contributed by atoms with Crippen LogP contribution in [-0.4, -0.2) is 24.8 Å². The van der Waals surface area contributed by atoms with E-state index in [4.69, 9.17) is 14.0 Å². The number of aryl methyl sites for hydroxylation is 1. The fourth-order valence-electron chi connectivity index (χ4n) is 2.68. The Morgan fingerprint density at radius 1 is 0.806 bits per heavy atom. The van der Waals surface area contributed by atoms with Crippen molar-refractivity contribution in [1.82, 2.24) is 10.2 Å². The van der Waals surface area contributed by atoms with Crippen LogP contribution in [0.2, 0.25) is 0 Å². The van der Waals surface area contributed by atoms with Crippen molar-refractivity contribution in [3.8, 4) is 22.9 Å². The van der Waals surface area contributed by atoms with Gasteiger partial charge in [0, 0.05) is 16.8 Å². The van der Waals surface area contributed by atoms with Crippen molar-refractivity contribution in [2.45, 2.75) is 11.8 Å². The maximum Gasteiger partial charge on any atom is 0.373 e. The highest BCUT2D eigenvalue weighted by Crippen LogP contribution is 2.26. The molecule has 0 aliphatic rings. The van der Waals surface area contributed by atoms with Gasteiger partial charge in [0.05, 0.1) is 4.90 Å². The van der Waals surface area contributed by atoms with E-state index in [2.05, 4.69) is 14.9 Å². The van der Waals surface area contributed by atoms with Crippen LogP contribution in [0.15, 0.2) is 88.2 Å². The second kappa shape index (κ2) is 9.62. The molecule has 0 aliphatic heterocycles. The third-order valence-corrected chi connectivity index (χ3v) is 5.54. The van der Waals surface area contributed by atoms with E-state index in [1.165, 1.54) is 0 Å². The number of nitrogens with one attached hydrogen (secondary N) is 1. The molecule has 4 rings (SSSR count). The molecule has 3 aromatic carbocycles. The number of aromatic nitrogens is 2. The first-order chi connectivity index (χ1) is 14.9. The maximum atomic E-state index is 12.6. The summed E-state index contributed by atoms with van der Waals surface area (Å²) in [5.41, 5.74) is 2.85. The first-order valence-electron chi connectivity index (χ1n) is 9.01. The van der Waals surface area contributed by atoms with Gasteiger partial charge >= 0.3 is 6.15 Å². The Morgan fingerprint density at radius 2 is 1.39 bits per heavy atom. The lowest BCUT2D eigenvalue weighted by atomic mass is 10.2. The van der Waals surface area contributed by atoms with Gasteiger partial charge in [0.25, 0.3) is 10.0 Å². The molecule has 1 N–H and O–H groups in total. The van der Waals surface area contributed by atoms with E-state index in [-0.39, 0.29) is 11.0 Å². The highest BCUT2D eigenvalue weighted by molar-refractivity contribution is 7.92. The van der Waals surface area contributed by atoms with Crippen molar-refractivity contribution >= 4 is 21.9 Å². The van der Waals surface area contributed by atoms with Crippen LogP contribution in [0.5, 0.6) is 0 Å². The third kappa shape index (κ3) is 5.51. The number of anilines is 1. The van der Waals surface area contributed by atoms with E-state index in [0.29, 0.717) is 23.0 Å². The minimum atomic E-state index is -3.68. The van der Waals surface area contributed by atoms with Crippen LogP contribution in [0.1, 0.15) is 5.56 Å². The number of nitrogens with zero attached hydrogens (tertiary/aromatic N) is 2. The van der Waals surface area contributed by atoms with E-state index >= 15 is 0 Å². The number of sulfonamides is 1. The average molecular weight is 435 g/mol. The highest BCUT2D eigenvalue weighted by atomic mass is 32.2. The fraction of sp³-hybridized carbons (Fsp3) is 0.0455. The topological polar surface area (TPSA) is 119 Å². The summed E-state index contributed by atoms with van der Waals surface area (Å²) in [6.07, 6.45) is 0.250. The largest absolute Gasteiger partial charge is 0.416 e. The Hall–Kier alpha value is -4.07. The summed E-state index contributed by atoms with van der Waals surface area (Å²) < 4.78 is 33.5. The fourth-order valence-corrected chi connectivity index (χ4v) is 3.73. The van der Waals surface area contributed by atoms with Gasteiger partial charge in [-0.25, -0.2) is 8.42 Å². The molecule has 0 aliphatic carbocycles. The smallest absolute Gasteiger partial charge is 0.373 e. The van der Waals surface area contributed by atoms with Crippen LogP contribution in [0.3, 0.4) is 0 Å². The van der Waals surface area contributed by atoms with Crippen molar-refractivity contribution in [2.24, 2.45) is 0 Å². The van der Waals surface area contributed by atoms with Crippen LogP contribution < -0.4 is 4.72 Å². The van der Waals surface area contributed by atoms with E-state index in [9.17, 15) is 8.42 Å². The van der Waals surface area contributed by atoms with Crippen LogP contribution in [0, 0.1) is 6.92 Å². The molecule has 1 aromatic heterocycles. The van der Waals surface area contributed by atoms with Crippen molar-refractivity contribution in [3.05, 3.63) is 84.4 Å². The molecule has 4 aromatic rings. The SMILES string of the molecule is Cc1ccc(S(=O)(=O)Nc2cccc(-c3nnc(-c4ccccc4)o3)c2)cc1.O=C=O. The van der Waals surface area contributed by atoms with Crippen LogP contribution in [-0.2, 0) is 19.6 Å². The molecule has 156 valence electrons. The maximum absolute atomic E-state index is 12.6. The van der Waals surface area contributed by atoms with E-state index in [1.807, 2.05) is 37.3 Å². The summed E-state index contributed by atoms with van der Waals surface area (Å²) in [5, 5.41) is 8.14. The van der Waals surface area contributed by atoms with Gasteiger partial charge in [0.2, 0.25) is 11.8 Å². The van der Waals surface area contributed by atoms with Crippen molar-refractivity contribution in [3.63, 3.8) is 0 Å². The lowest BCUT2D eigenvalue weighted by molar-refractivity contribution is -0.191. The van der Waals surface area contributed by atoms with Gasteiger partial charge in [-0.1, -0.05) is 42.0 Å². The second-order valence-electron chi connectivity index (χ2n) is 6.36. The van der Waals surface area contributed by atoms with E-state index in [1.54, 1.807) is 48.5 Å². The molecule has 0 unspecified atom stereocenters. The van der Waals surface area contributed by atoms with Gasteiger partial charge in [0.15, 0.2) is 0 Å². The zero-order valence-corrected chi connectivity index (χ0v) is 17.2. The summed E-state index contributed by atoms with van der Waals surface area (Å²) in [6, 6.07) is 23.0. The molecule has 0 atom stereocenters. The van der Waals surface area contributed by atoms with Gasteiger partial charge in [-0.2, -0.15) is 9.59 Å². The average Bonchev–Trinajstić information content (AvgIpc) is 3.26. The highest BCUT2D eigenvalue weighted by Gasteiger charge is 2.15. The van der Waals surface area contributed by atoms with Crippen LogP contribution in [0.25, 0.3) is 22.9 Å². The minimum absolute atomic E-state index is 0.202. The molecule has 9 heteroatoms. The van der Waals surface area contributed by atoms with E-state index in [0.717, 1.165) is 11.1 Å². The van der Waals surface area contributed by atoms with Crippen molar-refractivity contribution < 1.29 is 22.4 Å². The molecule has 31 heavy (non-hydrogen) atoms. The third-order valence-electron chi connectivity index (χ3n) is 4.14. The Kier molecular flexibility index (Phi) is 6.71. The van der Waals surface area contributed by atoms with Crippen LogP contribution in [0.4, 0.5) is 5.69 Å². The summed E-state index contributed by atoms with van der Waals surface area (Å²) in [7, 11) is -3.68. The minimum Gasteiger partial charge on any atom is -0.416 e. The van der Waals surface area contributed by atoms with Gasteiger partial charge in [-0.3, -0.25) is 4.72 Å². The van der Waals surface area contributed by atoms with Gasteiger partial charge in [0.1, 0.15) is 0 Å². The molecule has 0 fully saturated rings. The summed E-state index contributed by atoms with van der Waals surface area (Å²) >= 11 is 0. The predicted molar refractivity (Wildman–Crippen MR) is 112 cm³/mol. The monoisotopic (exact) mass is 435 g/mol. The Bertz CT molecular complexity index is 1290. The molecule has 0 saturated carbocycles. The van der Waals surface area contributed by atoms with Crippen LogP contribution >= 0.6 is 0 Å². The lowest BCUT2D eigenvalue weighted by Gasteiger charge is -2.09. The number of benzene rings is 3. The molecular weight excluding hydrogens is 418 g/mol. The predicted octanol–water partition coefficient (Wildman–Crippen LogP) is 3.93. The molecule has 0 bridgehead atoms. The van der Waals surface area contributed by atoms with Crippen molar-refractivity contribution in [1.29, 1.82) is 0 Å². The van der Waals surface area contributed by atoms with Gasteiger partial charge < -0.3 is 4.42 Å². The van der Waals surface area contributed by atoms with E-state index < -0.39 is 10.0 Å². The first kappa shape index (κ1) is 21.6. The molecule has 8 nitrogen and oxygen atoms in total. The zero-order valence-electron chi connectivity index (χ0n) is 16.3. The summed E-state index contributed by atoms with van der Waals surface area (Å²) in [6.45, 7) is 1.90. The molecule has 0 radical (unpaired) electrons. The number of hydrogen-bond donors (Lipinski definition) is 1. The summed E-state index contributed by atoms with van der Waals surface area (Å²) in [4.78, 5) is 16.5. The number of hydrogen-bond acceptors (Lipinski definition) is 7. The molecule has 0 amide bonds. The number of carbonyl (C=O) groups excluding carboxylic acids is 2. The normalized spacial score (nSPS) is 10.5. The Labute approximate surface area is 178 Å². The van der Waals surface area contributed by atoms with Gasteiger partial charge in [-0.15, -0.1) is 10.2 Å². The van der Waals surface area contributed by atoms with Gasteiger partial charge in [-0.05, 0) is 49.4 Å². The molecule has 0 spiro atoms. The van der Waals surface area contributed by atoms with Crippen molar-refractivity contribution in [2.75, 3.05) is 4.72 Å². The quantitative estimate of drug-likeness (QED) is 0.504. The Morgan fingerprint density at radius 3 is 2.03 bits per heavy atom. The summed E-state index contributed by atoms with van der Waals surface area (Å²) in [5.74, 6) is 0.719. The molecule has 1 heterocycles. The second-order valence-corrected chi connectivity index (χ2v) is 8.04. The number of rotatable bonds is 5. The molecular formula is C22H17N3O5S. The lowest BCUT2D eigenvalue weighted by Crippen LogP contribution is -2.12.